The molecule has 4 heteroatoms. The molecular weight excluding hydrogens is 365 g/mol. The third-order valence-electron chi connectivity index (χ3n) is 4.91. The van der Waals surface area contributed by atoms with Crippen LogP contribution in [0.15, 0.2) is 91.0 Å². The maximum atomic E-state index is 15.0. The van der Waals surface area contributed by atoms with Gasteiger partial charge in [-0.15, -0.1) is 0 Å². The molecule has 0 radical (unpaired) electrons. The number of esters is 1. The number of carbonyl (C=O) groups is 1. The number of hydrogen-bond donors (Lipinski definition) is 0. The number of ether oxygens (including phenoxy) is 1. The van der Waals surface area contributed by atoms with Crippen LogP contribution in [-0.2, 0) is 29.2 Å². The average Bonchev–Trinajstić information content (AvgIpc) is 2.78. The molecule has 0 saturated carbocycles. The molecule has 0 amide bonds. The fraction of sp³-hybridized carbons (Fsp3) is 0.240. The Balaban J connectivity index is 1.68. The van der Waals surface area contributed by atoms with Crippen LogP contribution < -0.4 is 0 Å². The zero-order chi connectivity index (χ0) is 20.5. The van der Waals surface area contributed by atoms with Gasteiger partial charge < -0.3 is 4.74 Å². The molecule has 3 nitrogen and oxygen atoms in total. The first-order valence-electron chi connectivity index (χ1n) is 9.80. The third-order valence-corrected chi connectivity index (χ3v) is 4.91. The van der Waals surface area contributed by atoms with E-state index in [4.69, 9.17) is 4.74 Å². The Morgan fingerprint density at radius 3 is 1.66 bits per heavy atom. The van der Waals surface area contributed by atoms with Gasteiger partial charge in [0.2, 0.25) is 6.17 Å². The van der Waals surface area contributed by atoms with Gasteiger partial charge in [0.1, 0.15) is 6.61 Å². The van der Waals surface area contributed by atoms with Crippen LogP contribution in [0.2, 0.25) is 0 Å². The molecule has 0 aliphatic heterocycles. The maximum Gasteiger partial charge on any atom is 0.342 e. The molecule has 29 heavy (non-hydrogen) atoms. The van der Waals surface area contributed by atoms with Crippen LogP contribution in [0, 0.1) is 0 Å². The summed E-state index contributed by atoms with van der Waals surface area (Å²) in [5.74, 6) is -0.826. The molecule has 3 aromatic carbocycles. The van der Waals surface area contributed by atoms with Gasteiger partial charge in [-0.05, 0) is 23.6 Å². The SMILES string of the molecule is C[C@@H]([C@@H](F)C(=O)OCc1ccccc1)N(Cc1ccccc1)Cc1ccccc1. The third kappa shape index (κ3) is 6.26. The lowest BCUT2D eigenvalue weighted by molar-refractivity contribution is -0.153. The van der Waals surface area contributed by atoms with Crippen molar-refractivity contribution in [1.82, 2.24) is 4.90 Å². The summed E-state index contributed by atoms with van der Waals surface area (Å²) < 4.78 is 20.3. The molecule has 150 valence electrons. The maximum absolute atomic E-state index is 15.0. The fourth-order valence-corrected chi connectivity index (χ4v) is 3.17. The molecule has 0 heterocycles. The second-order valence-corrected chi connectivity index (χ2v) is 7.11. The van der Waals surface area contributed by atoms with Gasteiger partial charge >= 0.3 is 5.97 Å². The van der Waals surface area contributed by atoms with Crippen LogP contribution in [0.25, 0.3) is 0 Å². The zero-order valence-electron chi connectivity index (χ0n) is 16.6. The van der Waals surface area contributed by atoms with Crippen molar-refractivity contribution < 1.29 is 13.9 Å². The minimum absolute atomic E-state index is 0.0736. The summed E-state index contributed by atoms with van der Waals surface area (Å²) >= 11 is 0. The van der Waals surface area contributed by atoms with E-state index in [1.165, 1.54) is 0 Å². The second-order valence-electron chi connectivity index (χ2n) is 7.11. The Morgan fingerprint density at radius 2 is 1.21 bits per heavy atom. The topological polar surface area (TPSA) is 29.5 Å². The van der Waals surface area contributed by atoms with E-state index in [0.717, 1.165) is 16.7 Å². The van der Waals surface area contributed by atoms with Gasteiger partial charge in [0.15, 0.2) is 0 Å². The Labute approximate surface area is 171 Å². The van der Waals surface area contributed by atoms with Crippen molar-refractivity contribution in [3.63, 3.8) is 0 Å². The quantitative estimate of drug-likeness (QED) is 0.472. The number of carbonyl (C=O) groups excluding carboxylic acids is 1. The lowest BCUT2D eigenvalue weighted by Gasteiger charge is -2.30. The van der Waals surface area contributed by atoms with Crippen molar-refractivity contribution in [1.29, 1.82) is 0 Å². The minimum atomic E-state index is -1.73. The van der Waals surface area contributed by atoms with E-state index >= 15 is 4.39 Å². The van der Waals surface area contributed by atoms with E-state index in [1.54, 1.807) is 6.92 Å². The highest BCUT2D eigenvalue weighted by Gasteiger charge is 2.31. The number of nitrogens with zero attached hydrogens (tertiary/aromatic N) is 1. The van der Waals surface area contributed by atoms with Crippen LogP contribution in [0.1, 0.15) is 23.6 Å². The van der Waals surface area contributed by atoms with E-state index in [1.807, 2.05) is 95.9 Å². The lowest BCUT2D eigenvalue weighted by atomic mass is 10.1. The number of benzene rings is 3. The number of hydrogen-bond acceptors (Lipinski definition) is 3. The summed E-state index contributed by atoms with van der Waals surface area (Å²) in [7, 11) is 0. The summed E-state index contributed by atoms with van der Waals surface area (Å²) in [6, 6.07) is 28.4. The smallest absolute Gasteiger partial charge is 0.342 e. The van der Waals surface area contributed by atoms with Crippen molar-refractivity contribution in [3.8, 4) is 0 Å². The Bertz CT molecular complexity index is 830. The van der Waals surface area contributed by atoms with Gasteiger partial charge in [0.25, 0.3) is 0 Å². The summed E-state index contributed by atoms with van der Waals surface area (Å²) in [5.41, 5.74) is 2.98. The molecule has 0 fully saturated rings. The van der Waals surface area contributed by atoms with Crippen LogP contribution in [0.4, 0.5) is 4.39 Å². The first-order chi connectivity index (χ1) is 14.1. The number of halogens is 1. The Hall–Kier alpha value is -2.98. The molecule has 0 aromatic heterocycles. The number of alkyl halides is 1. The molecule has 0 bridgehead atoms. The fourth-order valence-electron chi connectivity index (χ4n) is 3.17. The highest BCUT2D eigenvalue weighted by molar-refractivity contribution is 5.75. The second kappa shape index (κ2) is 10.5. The number of rotatable bonds is 9. The first kappa shape index (κ1) is 20.7. The van der Waals surface area contributed by atoms with E-state index in [2.05, 4.69) is 0 Å². The molecule has 0 aliphatic rings. The average molecular weight is 391 g/mol. The van der Waals surface area contributed by atoms with Crippen LogP contribution >= 0.6 is 0 Å². The van der Waals surface area contributed by atoms with E-state index in [9.17, 15) is 4.79 Å². The molecule has 3 aromatic rings. The van der Waals surface area contributed by atoms with Gasteiger partial charge in [-0.2, -0.15) is 0 Å². The van der Waals surface area contributed by atoms with Gasteiger partial charge in [0.05, 0.1) is 0 Å². The highest BCUT2D eigenvalue weighted by Crippen LogP contribution is 2.18. The molecule has 0 spiro atoms. The zero-order valence-corrected chi connectivity index (χ0v) is 16.6. The van der Waals surface area contributed by atoms with Gasteiger partial charge in [0, 0.05) is 19.1 Å². The summed E-state index contributed by atoms with van der Waals surface area (Å²) in [6.45, 7) is 2.90. The lowest BCUT2D eigenvalue weighted by Crippen LogP contribution is -2.43. The molecule has 0 aliphatic carbocycles. The Morgan fingerprint density at radius 1 is 0.793 bits per heavy atom. The van der Waals surface area contributed by atoms with E-state index < -0.39 is 18.2 Å². The van der Waals surface area contributed by atoms with Gasteiger partial charge in [-0.25, -0.2) is 9.18 Å². The first-order valence-corrected chi connectivity index (χ1v) is 9.80. The van der Waals surface area contributed by atoms with E-state index in [0.29, 0.717) is 13.1 Å². The molecule has 2 atom stereocenters. The molecular formula is C25H26FNO2. The Kier molecular flexibility index (Phi) is 7.54. The standard InChI is InChI=1S/C25H26FNO2/c1-20(24(26)25(28)29-19-23-15-9-4-10-16-23)27(17-21-11-5-2-6-12-21)18-22-13-7-3-8-14-22/h2-16,20,24H,17-19H2,1H3/t20-,24+/m0/s1. The predicted octanol–water partition coefficient (Wildman–Crippen LogP) is 5.16. The normalized spacial score (nSPS) is 13.1. The van der Waals surface area contributed by atoms with Crippen LogP contribution in [-0.4, -0.2) is 23.1 Å². The molecule has 0 unspecified atom stereocenters. The monoisotopic (exact) mass is 391 g/mol. The van der Waals surface area contributed by atoms with Gasteiger partial charge in [-0.1, -0.05) is 91.0 Å². The summed E-state index contributed by atoms with van der Waals surface area (Å²) in [6.07, 6.45) is -1.73. The highest BCUT2D eigenvalue weighted by atomic mass is 19.1. The molecule has 0 saturated heterocycles. The summed E-state index contributed by atoms with van der Waals surface area (Å²) in [4.78, 5) is 14.3. The minimum Gasteiger partial charge on any atom is -0.459 e. The largest absolute Gasteiger partial charge is 0.459 e. The molecule has 3 rings (SSSR count). The van der Waals surface area contributed by atoms with Crippen molar-refractivity contribution in [2.45, 2.75) is 38.8 Å². The van der Waals surface area contributed by atoms with Crippen molar-refractivity contribution >= 4 is 5.97 Å². The van der Waals surface area contributed by atoms with Crippen molar-refractivity contribution in [3.05, 3.63) is 108 Å². The van der Waals surface area contributed by atoms with E-state index in [-0.39, 0.29) is 6.61 Å². The summed E-state index contributed by atoms with van der Waals surface area (Å²) in [5, 5.41) is 0. The van der Waals surface area contributed by atoms with Crippen molar-refractivity contribution in [2.75, 3.05) is 0 Å². The van der Waals surface area contributed by atoms with Crippen LogP contribution in [0.3, 0.4) is 0 Å². The van der Waals surface area contributed by atoms with Crippen LogP contribution in [0.5, 0.6) is 0 Å². The van der Waals surface area contributed by atoms with Gasteiger partial charge in [-0.3, -0.25) is 4.90 Å². The molecule has 0 N–H and O–H groups in total. The van der Waals surface area contributed by atoms with Crippen molar-refractivity contribution in [2.24, 2.45) is 0 Å². The predicted molar refractivity (Wildman–Crippen MR) is 113 cm³/mol.